The second kappa shape index (κ2) is 11.4. The van der Waals surface area contributed by atoms with Crippen LogP contribution in [0.4, 0.5) is 5.13 Å². The Morgan fingerprint density at radius 2 is 1.79 bits per heavy atom. The van der Waals surface area contributed by atoms with Gasteiger partial charge >= 0.3 is 0 Å². The molecule has 1 atom stereocenters. The molecule has 0 aliphatic carbocycles. The van der Waals surface area contributed by atoms with Crippen molar-refractivity contribution in [3.05, 3.63) is 89.0 Å². The van der Waals surface area contributed by atoms with Gasteiger partial charge in [0.1, 0.15) is 0 Å². The molecule has 1 aliphatic heterocycles. The number of hydrogen-bond donors (Lipinski definition) is 0. The zero-order valence-corrected chi connectivity index (χ0v) is 23.7. The number of thiazole rings is 1. The summed E-state index contributed by atoms with van der Waals surface area (Å²) in [4.78, 5) is 18.5. The summed E-state index contributed by atoms with van der Waals surface area (Å²) in [5.41, 5.74) is 4.14. The van der Waals surface area contributed by atoms with E-state index in [-0.39, 0.29) is 11.0 Å². The molecule has 1 aromatic heterocycles. The Bertz CT molecular complexity index is 1610. The predicted octanol–water partition coefficient (Wildman–Crippen LogP) is 5.39. The lowest BCUT2D eigenvalue weighted by atomic mass is 10.2. The zero-order chi connectivity index (χ0) is 27.6. The first kappa shape index (κ1) is 27.1. The molecule has 10 heteroatoms. The molecule has 1 amide bonds. The Kier molecular flexibility index (Phi) is 7.90. The lowest BCUT2D eigenvalue weighted by Crippen LogP contribution is -2.34. The van der Waals surface area contributed by atoms with Crippen molar-refractivity contribution in [1.29, 1.82) is 0 Å². The number of rotatable bonds is 8. The van der Waals surface area contributed by atoms with Crippen LogP contribution in [0.3, 0.4) is 0 Å². The summed E-state index contributed by atoms with van der Waals surface area (Å²) in [6.45, 7) is 4.96. The van der Waals surface area contributed by atoms with E-state index in [4.69, 9.17) is 4.74 Å². The van der Waals surface area contributed by atoms with Crippen molar-refractivity contribution in [2.24, 2.45) is 5.10 Å². The van der Waals surface area contributed by atoms with Crippen LogP contribution in [0.2, 0.25) is 0 Å². The maximum Gasteiger partial charge on any atom is 0.280 e. The summed E-state index contributed by atoms with van der Waals surface area (Å²) in [6.07, 6.45) is 3.31. The van der Waals surface area contributed by atoms with E-state index in [1.807, 2.05) is 56.3 Å². The average molecular weight is 563 g/mol. The number of fused-ring (bicyclic) bond motifs is 1. The van der Waals surface area contributed by atoms with Gasteiger partial charge in [-0.15, -0.1) is 0 Å². The van der Waals surface area contributed by atoms with E-state index in [1.165, 1.54) is 44.9 Å². The molecule has 8 nitrogen and oxygen atoms in total. The zero-order valence-electron chi connectivity index (χ0n) is 22.1. The average Bonchev–Trinajstić information content (AvgIpc) is 3.59. The molecule has 2 heterocycles. The minimum Gasteiger partial charge on any atom is -0.377 e. The Balaban J connectivity index is 1.43. The van der Waals surface area contributed by atoms with E-state index in [1.54, 1.807) is 13.3 Å². The fourth-order valence-electron chi connectivity index (χ4n) is 4.32. The Morgan fingerprint density at radius 1 is 1.08 bits per heavy atom. The first-order valence-corrected chi connectivity index (χ1v) is 15.0. The van der Waals surface area contributed by atoms with Gasteiger partial charge in [0.2, 0.25) is 15.2 Å². The minimum absolute atomic E-state index is 0.0943. The number of aryl methyl sites for hydroxylation is 2. The number of benzene rings is 3. The fraction of sp³-hybridized carbons (Fsp3) is 0.276. The number of carbonyl (C=O) groups is 1. The molecule has 1 unspecified atom stereocenters. The van der Waals surface area contributed by atoms with Crippen molar-refractivity contribution in [3.8, 4) is 0 Å². The molecule has 0 spiro atoms. The topological polar surface area (TPSA) is 92.2 Å². The fourth-order valence-corrected chi connectivity index (χ4v) is 6.54. The predicted molar refractivity (Wildman–Crippen MR) is 155 cm³/mol. The van der Waals surface area contributed by atoms with E-state index in [2.05, 4.69) is 10.1 Å². The standard InChI is InChI=1S/C29H30N4O4S2/c1-20-6-9-22(10-7-20)18-30-33(29-31-26-15-8-21(2)17-27(26)38-29)28(34)23-11-13-25(14-12-23)39(35,36)32(3)19-24-5-4-16-37-24/h6-15,17-18,24H,4-5,16,19H2,1-3H3/b30-18+. The Hall–Kier alpha value is -3.44. The highest BCUT2D eigenvalue weighted by Gasteiger charge is 2.27. The van der Waals surface area contributed by atoms with Gasteiger partial charge in [-0.05, 0) is 74.2 Å². The van der Waals surface area contributed by atoms with Gasteiger partial charge in [-0.3, -0.25) is 4.79 Å². The van der Waals surface area contributed by atoms with Crippen molar-refractivity contribution in [2.45, 2.75) is 37.7 Å². The first-order valence-electron chi connectivity index (χ1n) is 12.7. The number of anilines is 1. The van der Waals surface area contributed by atoms with Gasteiger partial charge in [-0.2, -0.15) is 14.4 Å². The highest BCUT2D eigenvalue weighted by molar-refractivity contribution is 7.89. The van der Waals surface area contributed by atoms with Crippen molar-refractivity contribution >= 4 is 48.8 Å². The van der Waals surface area contributed by atoms with Crippen LogP contribution in [0.5, 0.6) is 0 Å². The van der Waals surface area contributed by atoms with Crippen molar-refractivity contribution in [3.63, 3.8) is 0 Å². The maximum absolute atomic E-state index is 13.7. The molecule has 202 valence electrons. The molecule has 0 saturated carbocycles. The van der Waals surface area contributed by atoms with E-state index >= 15 is 0 Å². The molecule has 1 fully saturated rings. The van der Waals surface area contributed by atoms with Crippen LogP contribution in [0.25, 0.3) is 10.2 Å². The van der Waals surface area contributed by atoms with Crippen LogP contribution in [0, 0.1) is 13.8 Å². The Labute approximate surface area is 232 Å². The number of hydrazone groups is 1. The number of sulfonamides is 1. The van der Waals surface area contributed by atoms with Gasteiger partial charge < -0.3 is 4.74 Å². The number of likely N-dealkylation sites (N-methyl/N-ethyl adjacent to an activating group) is 1. The van der Waals surface area contributed by atoms with Crippen LogP contribution in [0.1, 0.15) is 39.9 Å². The van der Waals surface area contributed by atoms with Gasteiger partial charge in [-0.1, -0.05) is 47.2 Å². The summed E-state index contributed by atoms with van der Waals surface area (Å²) in [7, 11) is -2.18. The second-order valence-corrected chi connectivity index (χ2v) is 12.7. The van der Waals surface area contributed by atoms with Gasteiger partial charge in [0.15, 0.2) is 0 Å². The summed E-state index contributed by atoms with van der Waals surface area (Å²) in [5, 5.41) is 6.21. The van der Waals surface area contributed by atoms with Gasteiger partial charge in [0, 0.05) is 25.8 Å². The van der Waals surface area contributed by atoms with Crippen LogP contribution in [0.15, 0.2) is 76.7 Å². The van der Waals surface area contributed by atoms with Crippen LogP contribution in [-0.2, 0) is 14.8 Å². The normalized spacial score (nSPS) is 15.9. The van der Waals surface area contributed by atoms with Crippen LogP contribution >= 0.6 is 11.3 Å². The molecule has 4 aromatic rings. The number of carbonyl (C=O) groups excluding carboxylic acids is 1. The summed E-state index contributed by atoms with van der Waals surface area (Å²) in [5.74, 6) is -0.411. The Morgan fingerprint density at radius 3 is 2.49 bits per heavy atom. The number of amides is 1. The maximum atomic E-state index is 13.7. The lowest BCUT2D eigenvalue weighted by molar-refractivity contribution is 0.0978. The summed E-state index contributed by atoms with van der Waals surface area (Å²) < 4.78 is 34.1. The van der Waals surface area contributed by atoms with E-state index in [9.17, 15) is 13.2 Å². The molecule has 0 N–H and O–H groups in total. The smallest absolute Gasteiger partial charge is 0.280 e. The lowest BCUT2D eigenvalue weighted by Gasteiger charge is -2.20. The molecular weight excluding hydrogens is 532 g/mol. The SMILES string of the molecule is Cc1ccc(/C=N/N(C(=O)c2ccc(S(=O)(=O)N(C)CC3CCCO3)cc2)c2nc3ccc(C)cc3s2)cc1. The van der Waals surface area contributed by atoms with Gasteiger partial charge in [0.25, 0.3) is 5.91 Å². The molecular formula is C29H30N4O4S2. The number of nitrogens with zero attached hydrogens (tertiary/aromatic N) is 4. The van der Waals surface area contributed by atoms with Gasteiger partial charge in [0.05, 0.1) is 27.4 Å². The van der Waals surface area contributed by atoms with Gasteiger partial charge in [-0.25, -0.2) is 13.4 Å². The summed E-state index contributed by atoms with van der Waals surface area (Å²) >= 11 is 1.37. The number of hydrogen-bond acceptors (Lipinski definition) is 7. The third-order valence-corrected chi connectivity index (χ3v) is 9.43. The monoisotopic (exact) mass is 562 g/mol. The van der Waals surface area contributed by atoms with E-state index < -0.39 is 15.9 Å². The third kappa shape index (κ3) is 6.09. The third-order valence-electron chi connectivity index (χ3n) is 6.60. The molecule has 3 aromatic carbocycles. The minimum atomic E-state index is -3.72. The van der Waals surface area contributed by atoms with E-state index in [0.717, 1.165) is 39.7 Å². The molecule has 1 aliphatic rings. The second-order valence-electron chi connectivity index (χ2n) is 9.68. The van der Waals surface area contributed by atoms with Crippen molar-refractivity contribution < 1.29 is 17.9 Å². The van der Waals surface area contributed by atoms with Crippen molar-refractivity contribution in [1.82, 2.24) is 9.29 Å². The van der Waals surface area contributed by atoms with Crippen molar-refractivity contribution in [2.75, 3.05) is 25.2 Å². The quantitative estimate of drug-likeness (QED) is 0.212. The molecule has 39 heavy (non-hydrogen) atoms. The number of ether oxygens (including phenoxy) is 1. The highest BCUT2D eigenvalue weighted by atomic mass is 32.2. The van der Waals surface area contributed by atoms with Crippen LogP contribution < -0.4 is 5.01 Å². The molecule has 0 bridgehead atoms. The number of aromatic nitrogens is 1. The molecule has 1 saturated heterocycles. The molecule has 5 rings (SSSR count). The molecule has 0 radical (unpaired) electrons. The summed E-state index contributed by atoms with van der Waals surface area (Å²) in [6, 6.07) is 19.7. The first-order chi connectivity index (χ1) is 18.7. The highest BCUT2D eigenvalue weighted by Crippen LogP contribution is 2.31. The van der Waals surface area contributed by atoms with Crippen LogP contribution in [-0.4, -0.2) is 56.1 Å². The largest absolute Gasteiger partial charge is 0.377 e. The van der Waals surface area contributed by atoms with E-state index in [0.29, 0.717) is 23.8 Å².